The van der Waals surface area contributed by atoms with E-state index in [1.54, 1.807) is 44.7 Å². The molecule has 0 heterocycles. The van der Waals surface area contributed by atoms with Gasteiger partial charge in [0.1, 0.15) is 0 Å². The summed E-state index contributed by atoms with van der Waals surface area (Å²) >= 11 is -1.58. The molecule has 2 radical (unpaired) electrons. The van der Waals surface area contributed by atoms with Gasteiger partial charge in [0.2, 0.25) is 0 Å². The molecule has 0 aromatic heterocycles. The maximum absolute atomic E-state index is 11.1. The van der Waals surface area contributed by atoms with Crippen LogP contribution in [-0.2, 0) is 9.59 Å². The first-order chi connectivity index (χ1) is 12.9. The van der Waals surface area contributed by atoms with E-state index >= 15 is 0 Å². The summed E-state index contributed by atoms with van der Waals surface area (Å²) in [7, 11) is 0. The number of hydrogen-bond donors (Lipinski definition) is 2. The van der Waals surface area contributed by atoms with Crippen molar-refractivity contribution in [1.82, 2.24) is 0 Å². The van der Waals surface area contributed by atoms with Gasteiger partial charge >= 0.3 is 123 Å². The third-order valence-corrected chi connectivity index (χ3v) is 30.3. The molecule has 2 N–H and O–H groups in total. The molecule has 2 atom stereocenters. The average molecular weight is 789 g/mol. The van der Waals surface area contributed by atoms with Crippen LogP contribution in [0.1, 0.15) is 75.2 Å². The molecule has 0 bridgehead atoms. The fourth-order valence-corrected chi connectivity index (χ4v) is 15.5. The van der Waals surface area contributed by atoms with Gasteiger partial charge in [0, 0.05) is 0 Å². The molecule has 0 saturated heterocycles. The zero-order valence-electron chi connectivity index (χ0n) is 19.9. The average Bonchev–Trinajstić information content (AvgIpc) is 2.90. The molecule has 0 amide bonds. The first kappa shape index (κ1) is 31.0. The topological polar surface area (TPSA) is 74.6 Å². The predicted octanol–water partition coefficient (Wildman–Crippen LogP) is 6.68. The van der Waals surface area contributed by atoms with Crippen LogP contribution < -0.4 is 0 Å². The Morgan fingerprint density at radius 1 is 0.786 bits per heavy atom. The number of aliphatic carboxylic acids is 2. The first-order valence-corrected chi connectivity index (χ1v) is 27.6. The Kier molecular flexibility index (Phi) is 17.2. The Morgan fingerprint density at radius 2 is 1.11 bits per heavy atom. The van der Waals surface area contributed by atoms with E-state index in [0.717, 1.165) is 0 Å². The van der Waals surface area contributed by atoms with E-state index in [1.165, 1.54) is 0 Å². The number of carboxylic acids is 2. The van der Waals surface area contributed by atoms with Crippen LogP contribution in [0.5, 0.6) is 0 Å². The van der Waals surface area contributed by atoms with E-state index in [0.29, 0.717) is 12.8 Å². The van der Waals surface area contributed by atoms with Gasteiger partial charge in [-0.2, -0.15) is 0 Å². The van der Waals surface area contributed by atoms with Gasteiger partial charge in [-0.05, 0) is 25.2 Å². The van der Waals surface area contributed by atoms with Crippen molar-refractivity contribution in [2.75, 3.05) is 0 Å². The maximum atomic E-state index is 11.1. The molecule has 166 valence electrons. The summed E-state index contributed by atoms with van der Waals surface area (Å²) in [6.45, 7) is 19.2. The zero-order valence-corrected chi connectivity index (χ0v) is 27.7. The molecule has 1 aliphatic rings. The summed E-state index contributed by atoms with van der Waals surface area (Å²) in [6, 6.07) is 0. The summed E-state index contributed by atoms with van der Waals surface area (Å²) in [5.41, 5.74) is -1.61. The minimum absolute atomic E-state index is 0.437. The molecule has 1 saturated carbocycles. The Labute approximate surface area is 191 Å². The Morgan fingerprint density at radius 3 is 1.21 bits per heavy atom. The third kappa shape index (κ3) is 9.29. The second kappa shape index (κ2) is 15.6. The molecule has 6 heteroatoms. The van der Waals surface area contributed by atoms with Gasteiger partial charge in [-0.15, -0.1) is 0 Å². The van der Waals surface area contributed by atoms with Gasteiger partial charge in [0.15, 0.2) is 0 Å². The van der Waals surface area contributed by atoms with E-state index in [1.807, 2.05) is 0 Å². The molecule has 1 aliphatic carbocycles. The van der Waals surface area contributed by atoms with Crippen LogP contribution in [0.25, 0.3) is 0 Å². The molecule has 0 aliphatic heterocycles. The Balaban J connectivity index is 0. The van der Waals surface area contributed by atoms with Gasteiger partial charge in [0.25, 0.3) is 0 Å². The van der Waals surface area contributed by atoms with E-state index in [9.17, 15) is 9.59 Å². The number of carboxylic acid groups (broad SMARTS) is 2. The van der Waals surface area contributed by atoms with Crippen molar-refractivity contribution >= 4 is 57.3 Å². The van der Waals surface area contributed by atoms with Crippen molar-refractivity contribution in [3.05, 3.63) is 0 Å². The van der Waals surface area contributed by atoms with Gasteiger partial charge in [-0.3, -0.25) is 9.59 Å². The van der Waals surface area contributed by atoms with Crippen LogP contribution in [-0.4, -0.2) is 67.6 Å². The van der Waals surface area contributed by atoms with Crippen molar-refractivity contribution in [3.8, 4) is 0 Å². The number of hydrogen-bond acceptors (Lipinski definition) is 2. The molecule has 1 fully saturated rings. The molecule has 0 aromatic carbocycles. The van der Waals surface area contributed by atoms with E-state index < -0.39 is 74.1 Å². The molecular weight excluding hydrogens is 743 g/mol. The molecular formula is C22H46O4Pb2. The molecule has 4 nitrogen and oxygen atoms in total. The third-order valence-electron chi connectivity index (χ3n) is 7.00. The second-order valence-electron chi connectivity index (χ2n) is 8.41. The van der Waals surface area contributed by atoms with Crippen LogP contribution >= 0.6 is 0 Å². The standard InChI is InChI=1S/C10H16O4.6C2H5.2Pb/c1-9(2)6(7(11)12)4-5-10(9,3)8(13)14;6*1-2;;/h6H,4-5H2,1-3H3,(H,11,12)(H,13,14);6*1H2,2H3;;. The normalized spacial score (nSPS) is 22.9. The second-order valence-corrected chi connectivity index (χ2v) is 36.6. The number of rotatable bonds is 8. The van der Waals surface area contributed by atoms with Crippen LogP contribution in [0.2, 0.25) is 23.9 Å². The molecule has 1 rings (SSSR count). The molecule has 0 aromatic rings. The van der Waals surface area contributed by atoms with E-state index in [4.69, 9.17) is 10.2 Å². The summed E-state index contributed by atoms with van der Waals surface area (Å²) in [4.78, 5) is 22.0. The van der Waals surface area contributed by atoms with Crippen molar-refractivity contribution in [3.63, 3.8) is 0 Å². The summed E-state index contributed by atoms with van der Waals surface area (Å²) in [6.07, 6.45) is 0.886. The fourth-order valence-electron chi connectivity index (χ4n) is 3.82. The summed E-state index contributed by atoms with van der Waals surface area (Å²) in [5, 5.41) is 18.1. The van der Waals surface area contributed by atoms with Crippen molar-refractivity contribution < 1.29 is 19.8 Å². The molecule has 0 spiro atoms. The van der Waals surface area contributed by atoms with Crippen LogP contribution in [0.3, 0.4) is 0 Å². The monoisotopic (exact) mass is 790 g/mol. The summed E-state index contributed by atoms with van der Waals surface area (Å²) < 4.78 is 9.40. The van der Waals surface area contributed by atoms with E-state index in [-0.39, 0.29) is 0 Å². The zero-order chi connectivity index (χ0) is 22.5. The quantitative estimate of drug-likeness (QED) is 0.270. The van der Waals surface area contributed by atoms with Crippen molar-refractivity contribution in [2.24, 2.45) is 16.7 Å². The van der Waals surface area contributed by atoms with Gasteiger partial charge < -0.3 is 10.2 Å². The fraction of sp³-hybridized carbons (Fsp3) is 0.909. The summed E-state index contributed by atoms with van der Waals surface area (Å²) in [5.74, 6) is -2.34. The number of carbonyl (C=O) groups is 2. The van der Waals surface area contributed by atoms with E-state index in [2.05, 4.69) is 41.5 Å². The van der Waals surface area contributed by atoms with Crippen LogP contribution in [0.4, 0.5) is 0 Å². The van der Waals surface area contributed by atoms with Gasteiger partial charge in [-0.1, -0.05) is 13.8 Å². The van der Waals surface area contributed by atoms with Gasteiger partial charge in [0.05, 0.1) is 11.3 Å². The van der Waals surface area contributed by atoms with Crippen LogP contribution in [0, 0.1) is 16.7 Å². The van der Waals surface area contributed by atoms with Gasteiger partial charge in [-0.25, -0.2) is 0 Å². The van der Waals surface area contributed by atoms with Crippen molar-refractivity contribution in [2.45, 2.75) is 99.0 Å². The molecule has 2 unspecified atom stereocenters. The predicted molar refractivity (Wildman–Crippen MR) is 124 cm³/mol. The van der Waals surface area contributed by atoms with Crippen LogP contribution in [0.15, 0.2) is 0 Å². The molecule has 28 heavy (non-hydrogen) atoms. The Hall–Kier alpha value is 0.784. The SMILES string of the molecule is CC1(C(=O)O)CCC(C(=O)O)C1(C)C.C[CH2][Pb]([CH2]C)[CH2]C.C[CH2][Pb]([CH2]C)[CH2]C. The Bertz CT molecular complexity index is 423. The minimum atomic E-state index is -0.921. The van der Waals surface area contributed by atoms with Crippen molar-refractivity contribution in [1.29, 1.82) is 0 Å². The first-order valence-electron chi connectivity index (χ1n) is 11.1.